The van der Waals surface area contributed by atoms with Gasteiger partial charge < -0.3 is 9.47 Å². The minimum absolute atomic E-state index is 0.149. The van der Waals surface area contributed by atoms with E-state index in [2.05, 4.69) is 29.6 Å². The van der Waals surface area contributed by atoms with Gasteiger partial charge in [-0.3, -0.25) is 9.78 Å². The van der Waals surface area contributed by atoms with Gasteiger partial charge in [-0.2, -0.15) is 0 Å². The standard InChI is InChI=1S/C28H34O12/c1-21-13-11-15-23(19-21)25(29)35-39-37-27(31)33-17-9-7-5-3-4-6-8-10-18-34-28(32)38-40-36-26(30)24-16-12-14-22(2)20-24/h11-16,19-20H,3-10,17-18H2,1-2H3. The van der Waals surface area contributed by atoms with Crippen molar-refractivity contribution in [3.05, 3.63) is 70.8 Å². The van der Waals surface area contributed by atoms with Crippen LogP contribution in [0.2, 0.25) is 0 Å². The first kappa shape index (κ1) is 32.1. The summed E-state index contributed by atoms with van der Waals surface area (Å²) in [6.45, 7) is 3.94. The molecule has 12 nitrogen and oxygen atoms in total. The molecule has 0 aliphatic carbocycles. The summed E-state index contributed by atoms with van der Waals surface area (Å²) < 4.78 is 9.68. The first-order valence-electron chi connectivity index (χ1n) is 12.9. The van der Waals surface area contributed by atoms with Crippen LogP contribution < -0.4 is 0 Å². The quantitative estimate of drug-likeness (QED) is 0.0906. The lowest BCUT2D eigenvalue weighted by Gasteiger charge is -2.05. The first-order chi connectivity index (χ1) is 19.3. The minimum atomic E-state index is -1.10. The molecule has 0 unspecified atom stereocenters. The van der Waals surface area contributed by atoms with Gasteiger partial charge in [0.05, 0.1) is 34.4 Å². The summed E-state index contributed by atoms with van der Waals surface area (Å²) in [5.41, 5.74) is 2.26. The van der Waals surface area contributed by atoms with Gasteiger partial charge in [0, 0.05) is 0 Å². The molecule has 2 rings (SSSR count). The van der Waals surface area contributed by atoms with Crippen molar-refractivity contribution < 1.29 is 58.3 Å². The number of hydrogen-bond acceptors (Lipinski definition) is 12. The highest BCUT2D eigenvalue weighted by atomic mass is 17.5. The fourth-order valence-corrected chi connectivity index (χ4v) is 3.42. The van der Waals surface area contributed by atoms with Crippen molar-refractivity contribution in [3.63, 3.8) is 0 Å². The van der Waals surface area contributed by atoms with E-state index >= 15 is 0 Å². The molecule has 0 heterocycles. The molecule has 0 saturated heterocycles. The van der Waals surface area contributed by atoms with Gasteiger partial charge in [0.25, 0.3) is 0 Å². The van der Waals surface area contributed by atoms with Crippen molar-refractivity contribution in [3.8, 4) is 0 Å². The van der Waals surface area contributed by atoms with Gasteiger partial charge >= 0.3 is 24.2 Å². The highest BCUT2D eigenvalue weighted by molar-refractivity contribution is 5.89. The average molecular weight is 563 g/mol. The maximum atomic E-state index is 11.7. The molecule has 0 N–H and O–H groups in total. The van der Waals surface area contributed by atoms with E-state index in [0.29, 0.717) is 12.8 Å². The zero-order valence-corrected chi connectivity index (χ0v) is 22.6. The Balaban J connectivity index is 1.34. The molecule has 0 atom stereocenters. The molecule has 0 spiro atoms. The van der Waals surface area contributed by atoms with E-state index < -0.39 is 24.2 Å². The van der Waals surface area contributed by atoms with E-state index in [1.54, 1.807) is 24.3 Å². The summed E-state index contributed by atoms with van der Waals surface area (Å²) in [5.74, 6) is -1.59. The Morgan fingerprint density at radius 3 is 1.27 bits per heavy atom. The summed E-state index contributed by atoms with van der Waals surface area (Å²) in [5, 5.41) is 8.35. The lowest BCUT2D eigenvalue weighted by Crippen LogP contribution is -2.12. The number of hydrogen-bond donors (Lipinski definition) is 0. The van der Waals surface area contributed by atoms with Crippen molar-refractivity contribution in [1.29, 1.82) is 0 Å². The molecular weight excluding hydrogens is 528 g/mol. The second kappa shape index (κ2) is 19.0. The number of unbranched alkanes of at least 4 members (excludes halogenated alkanes) is 7. The van der Waals surface area contributed by atoms with Crippen LogP contribution in [0.15, 0.2) is 48.5 Å². The Hall–Kier alpha value is -4.16. The first-order valence-corrected chi connectivity index (χ1v) is 12.9. The number of aryl methyl sites for hydroxylation is 2. The lowest BCUT2D eigenvalue weighted by atomic mass is 10.1. The number of carbonyl (C=O) groups is 4. The van der Waals surface area contributed by atoms with Crippen LogP contribution in [0.3, 0.4) is 0 Å². The summed E-state index contributed by atoms with van der Waals surface area (Å²) in [7, 11) is 0. The fraction of sp³-hybridized carbons (Fsp3) is 0.429. The van der Waals surface area contributed by atoms with E-state index in [1.165, 1.54) is 12.1 Å². The van der Waals surface area contributed by atoms with E-state index in [-0.39, 0.29) is 24.3 Å². The third-order valence-corrected chi connectivity index (χ3v) is 5.41. The lowest BCUT2D eigenvalue weighted by molar-refractivity contribution is -0.452. The molecular formula is C28H34O12. The van der Waals surface area contributed by atoms with Gasteiger partial charge in [-0.1, -0.05) is 73.9 Å². The number of rotatable bonds is 17. The zero-order chi connectivity index (χ0) is 29.0. The van der Waals surface area contributed by atoms with Crippen LogP contribution >= 0.6 is 0 Å². The normalized spacial score (nSPS) is 10.3. The van der Waals surface area contributed by atoms with Gasteiger partial charge in [0.2, 0.25) is 0 Å². The molecule has 2 aromatic carbocycles. The molecule has 218 valence electrons. The second-order valence-electron chi connectivity index (χ2n) is 8.81. The van der Waals surface area contributed by atoms with Crippen LogP contribution in [-0.4, -0.2) is 37.5 Å². The topological polar surface area (TPSA) is 142 Å². The molecule has 0 aliphatic heterocycles. The van der Waals surface area contributed by atoms with Gasteiger partial charge in [0.15, 0.2) is 0 Å². The zero-order valence-electron chi connectivity index (χ0n) is 22.6. The van der Waals surface area contributed by atoms with Crippen LogP contribution in [-0.2, 0) is 39.1 Å². The SMILES string of the molecule is Cc1cccc(C(=O)OOOC(=O)OCCCCCCCCCCOC(=O)OOOC(=O)c2cccc(C)c2)c1. The van der Waals surface area contributed by atoms with Gasteiger partial charge in [-0.15, -0.1) is 0 Å². The van der Waals surface area contributed by atoms with Crippen molar-refractivity contribution in [1.82, 2.24) is 0 Å². The fourth-order valence-electron chi connectivity index (χ4n) is 3.42. The monoisotopic (exact) mass is 562 g/mol. The predicted octanol–water partition coefficient (Wildman–Crippen LogP) is 6.44. The van der Waals surface area contributed by atoms with E-state index in [0.717, 1.165) is 49.7 Å². The van der Waals surface area contributed by atoms with E-state index in [9.17, 15) is 19.2 Å². The van der Waals surface area contributed by atoms with Gasteiger partial charge in [-0.05, 0) is 51.0 Å². The highest BCUT2D eigenvalue weighted by Gasteiger charge is 2.13. The van der Waals surface area contributed by atoms with Gasteiger partial charge in [0.1, 0.15) is 0 Å². The smallest absolute Gasteiger partial charge is 0.432 e. The number of benzene rings is 2. The molecule has 0 fully saturated rings. The summed E-state index contributed by atoms with van der Waals surface area (Å²) >= 11 is 0. The van der Waals surface area contributed by atoms with Crippen molar-refractivity contribution >= 4 is 24.2 Å². The summed E-state index contributed by atoms with van der Waals surface area (Å²) in [4.78, 5) is 63.6. The van der Waals surface area contributed by atoms with Crippen molar-refractivity contribution in [2.45, 2.75) is 65.2 Å². The summed E-state index contributed by atoms with van der Waals surface area (Å²) in [6.07, 6.45) is 4.76. The molecule has 2 aromatic rings. The minimum Gasteiger partial charge on any atom is -0.432 e. The molecule has 0 aromatic heterocycles. The maximum absolute atomic E-state index is 11.7. The molecule has 0 saturated carbocycles. The number of carbonyl (C=O) groups excluding carboxylic acids is 4. The predicted molar refractivity (Wildman–Crippen MR) is 137 cm³/mol. The van der Waals surface area contributed by atoms with E-state index in [4.69, 9.17) is 9.47 Å². The molecule has 0 bridgehead atoms. The Morgan fingerprint density at radius 2 is 0.900 bits per heavy atom. The molecule has 12 heteroatoms. The van der Waals surface area contributed by atoms with Crippen LogP contribution in [0.5, 0.6) is 0 Å². The largest absolute Gasteiger partial charge is 0.543 e. The average Bonchev–Trinajstić information content (AvgIpc) is 2.93. The Kier molecular flexibility index (Phi) is 15.2. The van der Waals surface area contributed by atoms with Crippen LogP contribution in [0.25, 0.3) is 0 Å². The Labute approximate surface area is 232 Å². The van der Waals surface area contributed by atoms with Crippen LogP contribution in [0, 0.1) is 13.8 Å². The van der Waals surface area contributed by atoms with Gasteiger partial charge in [-0.25, -0.2) is 29.0 Å². The summed E-state index contributed by atoms with van der Waals surface area (Å²) in [6, 6.07) is 13.3. The van der Waals surface area contributed by atoms with Crippen LogP contribution in [0.4, 0.5) is 9.59 Å². The van der Waals surface area contributed by atoms with E-state index in [1.807, 2.05) is 26.0 Å². The van der Waals surface area contributed by atoms with Crippen LogP contribution in [0.1, 0.15) is 83.2 Å². The number of ether oxygens (including phenoxy) is 2. The highest BCUT2D eigenvalue weighted by Crippen LogP contribution is 2.10. The van der Waals surface area contributed by atoms with Crippen molar-refractivity contribution in [2.75, 3.05) is 13.2 Å². The molecule has 0 amide bonds. The second-order valence-corrected chi connectivity index (χ2v) is 8.81. The van der Waals surface area contributed by atoms with Crippen molar-refractivity contribution in [2.24, 2.45) is 0 Å². The Morgan fingerprint density at radius 1 is 0.525 bits per heavy atom. The Bertz CT molecular complexity index is 999. The molecule has 40 heavy (non-hydrogen) atoms. The molecule has 0 radical (unpaired) electrons. The third-order valence-electron chi connectivity index (χ3n) is 5.41. The third kappa shape index (κ3) is 14.1. The molecule has 0 aliphatic rings. The maximum Gasteiger partial charge on any atom is 0.543 e.